The summed E-state index contributed by atoms with van der Waals surface area (Å²) >= 11 is 0. The van der Waals surface area contributed by atoms with Gasteiger partial charge in [0.1, 0.15) is 5.65 Å². The first-order valence-corrected chi connectivity index (χ1v) is 4.70. The molecule has 0 atom stereocenters. The maximum Gasteiger partial charge on any atom is 0.311 e. The third-order valence-corrected chi connectivity index (χ3v) is 2.20. The molecule has 0 N–H and O–H groups in total. The van der Waals surface area contributed by atoms with Gasteiger partial charge in [0.25, 0.3) is 0 Å². The van der Waals surface area contributed by atoms with Crippen LogP contribution in [-0.2, 0) is 16.0 Å². The van der Waals surface area contributed by atoms with E-state index in [1.54, 1.807) is 0 Å². The quantitative estimate of drug-likeness (QED) is 0.694. The van der Waals surface area contributed by atoms with E-state index in [1.807, 2.05) is 35.9 Å². The first kappa shape index (κ1) is 9.71. The Kier molecular flexibility index (Phi) is 2.41. The van der Waals surface area contributed by atoms with Crippen LogP contribution in [0.15, 0.2) is 24.5 Å². The zero-order valence-corrected chi connectivity index (χ0v) is 8.73. The molecule has 15 heavy (non-hydrogen) atoms. The van der Waals surface area contributed by atoms with Crippen LogP contribution in [0.1, 0.15) is 11.3 Å². The van der Waals surface area contributed by atoms with Crippen molar-refractivity contribution >= 4 is 11.6 Å². The molecular formula is C11H12N2O2. The van der Waals surface area contributed by atoms with Gasteiger partial charge in [-0.2, -0.15) is 0 Å². The molecule has 78 valence electrons. The molecule has 4 nitrogen and oxygen atoms in total. The Bertz CT molecular complexity index is 502. The van der Waals surface area contributed by atoms with E-state index in [9.17, 15) is 4.79 Å². The summed E-state index contributed by atoms with van der Waals surface area (Å²) in [4.78, 5) is 15.4. The fourth-order valence-electron chi connectivity index (χ4n) is 1.46. The maximum atomic E-state index is 11.1. The van der Waals surface area contributed by atoms with Crippen molar-refractivity contribution < 1.29 is 9.53 Å². The van der Waals surface area contributed by atoms with Crippen LogP contribution in [0.3, 0.4) is 0 Å². The lowest BCUT2D eigenvalue weighted by Gasteiger charge is -1.93. The average molecular weight is 204 g/mol. The molecule has 2 aromatic heterocycles. The van der Waals surface area contributed by atoms with Gasteiger partial charge in [0, 0.05) is 12.4 Å². The minimum Gasteiger partial charge on any atom is -0.469 e. The van der Waals surface area contributed by atoms with Crippen molar-refractivity contribution in [2.45, 2.75) is 13.3 Å². The van der Waals surface area contributed by atoms with Gasteiger partial charge in [-0.05, 0) is 18.6 Å². The molecule has 0 unspecified atom stereocenters. The second kappa shape index (κ2) is 3.73. The summed E-state index contributed by atoms with van der Waals surface area (Å²) in [5, 5.41) is 0. The summed E-state index contributed by atoms with van der Waals surface area (Å²) in [6.45, 7) is 2.01. The Balaban J connectivity index is 2.34. The van der Waals surface area contributed by atoms with E-state index in [0.717, 1.165) is 16.9 Å². The molecular weight excluding hydrogens is 192 g/mol. The summed E-state index contributed by atoms with van der Waals surface area (Å²) < 4.78 is 6.50. The van der Waals surface area contributed by atoms with E-state index in [2.05, 4.69) is 9.72 Å². The number of aromatic nitrogens is 2. The van der Waals surface area contributed by atoms with Gasteiger partial charge in [-0.3, -0.25) is 4.79 Å². The van der Waals surface area contributed by atoms with Crippen LogP contribution in [0.25, 0.3) is 5.65 Å². The zero-order chi connectivity index (χ0) is 10.8. The number of pyridine rings is 1. The van der Waals surface area contributed by atoms with Crippen LogP contribution in [0.2, 0.25) is 0 Å². The van der Waals surface area contributed by atoms with Gasteiger partial charge in [0.15, 0.2) is 0 Å². The number of methoxy groups -OCH3 is 1. The Labute approximate surface area is 87.5 Å². The van der Waals surface area contributed by atoms with Crippen molar-refractivity contribution in [3.8, 4) is 0 Å². The summed E-state index contributed by atoms with van der Waals surface area (Å²) in [5.41, 5.74) is 2.73. The summed E-state index contributed by atoms with van der Waals surface area (Å²) in [5.74, 6) is -0.268. The molecule has 0 aliphatic heterocycles. The van der Waals surface area contributed by atoms with Crippen LogP contribution in [0.4, 0.5) is 0 Å². The highest BCUT2D eigenvalue weighted by Crippen LogP contribution is 2.07. The molecule has 0 amide bonds. The standard InChI is InChI=1S/C11H12N2O2/c1-8-3-4-10-12-9(5-11(14)15-2)7-13(10)6-8/h3-4,6-7H,5H2,1-2H3. The molecule has 0 fully saturated rings. The highest BCUT2D eigenvalue weighted by molar-refractivity contribution is 5.72. The number of ether oxygens (including phenoxy) is 1. The summed E-state index contributed by atoms with van der Waals surface area (Å²) in [7, 11) is 1.38. The van der Waals surface area contributed by atoms with Gasteiger partial charge in [-0.25, -0.2) is 4.98 Å². The Morgan fingerprint density at radius 1 is 1.47 bits per heavy atom. The van der Waals surface area contributed by atoms with Crippen molar-refractivity contribution in [2.75, 3.05) is 7.11 Å². The van der Waals surface area contributed by atoms with Gasteiger partial charge in [-0.1, -0.05) is 6.07 Å². The normalized spacial score (nSPS) is 10.5. The molecule has 0 saturated heterocycles. The highest BCUT2D eigenvalue weighted by atomic mass is 16.5. The molecule has 2 heterocycles. The van der Waals surface area contributed by atoms with E-state index in [1.165, 1.54) is 7.11 Å². The Morgan fingerprint density at radius 3 is 3.00 bits per heavy atom. The molecule has 0 aliphatic carbocycles. The minimum atomic E-state index is -0.268. The Morgan fingerprint density at radius 2 is 2.27 bits per heavy atom. The van der Waals surface area contributed by atoms with Gasteiger partial charge in [-0.15, -0.1) is 0 Å². The second-order valence-corrected chi connectivity index (χ2v) is 3.46. The molecule has 0 radical (unpaired) electrons. The molecule has 0 bridgehead atoms. The fourth-order valence-corrected chi connectivity index (χ4v) is 1.46. The number of rotatable bonds is 2. The third-order valence-electron chi connectivity index (χ3n) is 2.20. The number of hydrogen-bond donors (Lipinski definition) is 0. The lowest BCUT2D eigenvalue weighted by atomic mass is 10.3. The van der Waals surface area contributed by atoms with Gasteiger partial charge in [0.2, 0.25) is 0 Å². The van der Waals surface area contributed by atoms with Crippen LogP contribution in [-0.4, -0.2) is 22.5 Å². The molecule has 0 saturated carbocycles. The summed E-state index contributed by atoms with van der Waals surface area (Å²) in [6, 6.07) is 3.92. The van der Waals surface area contributed by atoms with Crippen LogP contribution in [0, 0.1) is 6.92 Å². The number of esters is 1. The van der Waals surface area contributed by atoms with E-state index >= 15 is 0 Å². The SMILES string of the molecule is COC(=O)Cc1cn2cc(C)ccc2n1. The predicted molar refractivity (Wildman–Crippen MR) is 55.6 cm³/mol. The molecule has 0 spiro atoms. The Hall–Kier alpha value is -1.84. The van der Waals surface area contributed by atoms with E-state index in [4.69, 9.17) is 0 Å². The maximum absolute atomic E-state index is 11.1. The van der Waals surface area contributed by atoms with Gasteiger partial charge < -0.3 is 9.14 Å². The van der Waals surface area contributed by atoms with Crippen LogP contribution in [0.5, 0.6) is 0 Å². The number of nitrogens with zero attached hydrogens (tertiary/aromatic N) is 2. The van der Waals surface area contributed by atoms with Crippen LogP contribution >= 0.6 is 0 Å². The van der Waals surface area contributed by atoms with E-state index < -0.39 is 0 Å². The van der Waals surface area contributed by atoms with Crippen molar-refractivity contribution in [1.29, 1.82) is 0 Å². The predicted octanol–water partition coefficient (Wildman–Crippen LogP) is 1.36. The van der Waals surface area contributed by atoms with Crippen molar-refractivity contribution in [1.82, 2.24) is 9.38 Å². The molecule has 2 aromatic rings. The number of fused-ring (bicyclic) bond motifs is 1. The number of aryl methyl sites for hydroxylation is 1. The van der Waals surface area contributed by atoms with Crippen molar-refractivity contribution in [3.63, 3.8) is 0 Å². The van der Waals surface area contributed by atoms with E-state index in [0.29, 0.717) is 0 Å². The molecule has 4 heteroatoms. The second-order valence-electron chi connectivity index (χ2n) is 3.46. The number of carbonyl (C=O) groups excluding carboxylic acids is 1. The number of carbonyl (C=O) groups is 1. The molecule has 2 rings (SSSR count). The van der Waals surface area contributed by atoms with Gasteiger partial charge >= 0.3 is 5.97 Å². The van der Waals surface area contributed by atoms with Gasteiger partial charge in [0.05, 0.1) is 19.2 Å². The van der Waals surface area contributed by atoms with E-state index in [-0.39, 0.29) is 12.4 Å². The third kappa shape index (κ3) is 1.98. The monoisotopic (exact) mass is 204 g/mol. The highest BCUT2D eigenvalue weighted by Gasteiger charge is 2.06. The fraction of sp³-hybridized carbons (Fsp3) is 0.273. The van der Waals surface area contributed by atoms with Crippen molar-refractivity contribution in [3.05, 3.63) is 35.8 Å². The average Bonchev–Trinajstić information content (AvgIpc) is 2.59. The lowest BCUT2D eigenvalue weighted by Crippen LogP contribution is -2.04. The van der Waals surface area contributed by atoms with Crippen LogP contribution < -0.4 is 0 Å². The number of hydrogen-bond acceptors (Lipinski definition) is 3. The lowest BCUT2D eigenvalue weighted by molar-refractivity contribution is -0.139. The topological polar surface area (TPSA) is 43.6 Å². The minimum absolute atomic E-state index is 0.219. The number of imidazole rings is 1. The molecule has 0 aromatic carbocycles. The smallest absolute Gasteiger partial charge is 0.311 e. The molecule has 0 aliphatic rings. The summed E-state index contributed by atoms with van der Waals surface area (Å²) in [6.07, 6.45) is 4.04. The first-order valence-electron chi connectivity index (χ1n) is 4.70. The first-order chi connectivity index (χ1) is 7.19. The zero-order valence-electron chi connectivity index (χ0n) is 8.73. The largest absolute Gasteiger partial charge is 0.469 e. The van der Waals surface area contributed by atoms with Crippen molar-refractivity contribution in [2.24, 2.45) is 0 Å².